The van der Waals surface area contributed by atoms with E-state index in [1.807, 2.05) is 22.6 Å². The van der Waals surface area contributed by atoms with Crippen molar-refractivity contribution in [3.05, 3.63) is 27.3 Å². The smallest absolute Gasteiger partial charge is 0.335 e. The summed E-state index contributed by atoms with van der Waals surface area (Å²) in [6.45, 7) is 2.06. The number of hydrogen-bond donors (Lipinski definition) is 2. The maximum absolute atomic E-state index is 11.6. The number of carbonyl (C=O) groups excluding carboxylic acids is 1. The summed E-state index contributed by atoms with van der Waals surface area (Å²) in [6.07, 6.45) is 1.03. The number of benzene rings is 1. The van der Waals surface area contributed by atoms with E-state index < -0.39 is 5.97 Å². The molecule has 0 heterocycles. The van der Waals surface area contributed by atoms with Crippen molar-refractivity contribution >= 4 is 51.9 Å². The number of amides is 1. The SMILES string of the molecule is CCCSCC(=O)Nc1cc(I)cc(C(=O)O)c1. The van der Waals surface area contributed by atoms with Gasteiger partial charge in [-0.15, -0.1) is 0 Å². The molecule has 1 rings (SSSR count). The fourth-order valence-corrected chi connectivity index (χ4v) is 2.65. The van der Waals surface area contributed by atoms with E-state index in [-0.39, 0.29) is 11.5 Å². The Morgan fingerprint density at radius 1 is 1.39 bits per heavy atom. The molecule has 0 bridgehead atoms. The van der Waals surface area contributed by atoms with Crippen LogP contribution < -0.4 is 5.32 Å². The van der Waals surface area contributed by atoms with E-state index in [2.05, 4.69) is 12.2 Å². The van der Waals surface area contributed by atoms with Crippen LogP contribution in [0.5, 0.6) is 0 Å². The zero-order valence-electron chi connectivity index (χ0n) is 9.90. The Kier molecular flexibility index (Phi) is 6.48. The molecular weight excluding hydrogens is 365 g/mol. The van der Waals surface area contributed by atoms with Crippen LogP contribution in [0.2, 0.25) is 0 Å². The van der Waals surface area contributed by atoms with Crippen LogP contribution in [0.3, 0.4) is 0 Å². The molecule has 0 atom stereocenters. The summed E-state index contributed by atoms with van der Waals surface area (Å²) in [5.41, 5.74) is 0.708. The molecule has 0 aliphatic carbocycles. The summed E-state index contributed by atoms with van der Waals surface area (Å²) >= 11 is 3.59. The van der Waals surface area contributed by atoms with Crippen LogP contribution in [-0.4, -0.2) is 28.5 Å². The largest absolute Gasteiger partial charge is 0.478 e. The molecule has 1 aromatic rings. The first-order valence-electron chi connectivity index (χ1n) is 5.44. The highest BCUT2D eigenvalue weighted by atomic mass is 127. The van der Waals surface area contributed by atoms with Crippen molar-refractivity contribution < 1.29 is 14.7 Å². The molecule has 1 aromatic carbocycles. The minimum absolute atomic E-state index is 0.105. The standard InChI is InChI=1S/C12H14INO3S/c1-2-3-18-7-11(15)14-10-5-8(12(16)17)4-9(13)6-10/h4-6H,2-3,7H2,1H3,(H,14,15)(H,16,17). The topological polar surface area (TPSA) is 66.4 Å². The van der Waals surface area contributed by atoms with E-state index in [1.54, 1.807) is 23.9 Å². The average Bonchev–Trinajstić information content (AvgIpc) is 2.28. The molecule has 0 saturated heterocycles. The molecule has 0 aliphatic heterocycles. The number of thioether (sulfide) groups is 1. The Labute approximate surface area is 124 Å². The highest BCUT2D eigenvalue weighted by Gasteiger charge is 2.08. The number of carbonyl (C=O) groups is 2. The van der Waals surface area contributed by atoms with Crippen molar-refractivity contribution in [3.8, 4) is 0 Å². The minimum atomic E-state index is -0.996. The first-order chi connectivity index (χ1) is 8.52. The van der Waals surface area contributed by atoms with Crippen molar-refractivity contribution in [1.82, 2.24) is 0 Å². The van der Waals surface area contributed by atoms with Crippen LogP contribution in [0, 0.1) is 3.57 Å². The summed E-state index contributed by atoms with van der Waals surface area (Å²) in [5.74, 6) is 0.234. The van der Waals surface area contributed by atoms with Crippen LogP contribution in [0.25, 0.3) is 0 Å². The first-order valence-corrected chi connectivity index (χ1v) is 7.67. The van der Waals surface area contributed by atoms with Gasteiger partial charge in [0.1, 0.15) is 0 Å². The van der Waals surface area contributed by atoms with Crippen LogP contribution in [0.15, 0.2) is 18.2 Å². The van der Waals surface area contributed by atoms with Gasteiger partial charge in [0.25, 0.3) is 0 Å². The van der Waals surface area contributed by atoms with E-state index in [0.717, 1.165) is 15.7 Å². The minimum Gasteiger partial charge on any atom is -0.478 e. The predicted octanol–water partition coefficient (Wildman–Crippen LogP) is 3.07. The second-order valence-corrected chi connectivity index (χ2v) is 5.99. The summed E-state index contributed by atoms with van der Waals surface area (Å²) in [4.78, 5) is 22.5. The highest BCUT2D eigenvalue weighted by Crippen LogP contribution is 2.17. The van der Waals surface area contributed by atoms with Gasteiger partial charge in [-0.1, -0.05) is 6.92 Å². The molecule has 1 amide bonds. The molecule has 0 aromatic heterocycles. The number of rotatable bonds is 6. The third-order valence-corrected chi connectivity index (χ3v) is 3.80. The van der Waals surface area contributed by atoms with E-state index in [9.17, 15) is 9.59 Å². The molecule has 0 unspecified atom stereocenters. The number of carboxylic acids is 1. The van der Waals surface area contributed by atoms with Gasteiger partial charge in [0.15, 0.2) is 0 Å². The maximum Gasteiger partial charge on any atom is 0.335 e. The number of hydrogen-bond acceptors (Lipinski definition) is 3. The second kappa shape index (κ2) is 7.63. The molecule has 4 nitrogen and oxygen atoms in total. The third-order valence-electron chi connectivity index (χ3n) is 2.01. The van der Waals surface area contributed by atoms with Gasteiger partial charge in [-0.05, 0) is 53.0 Å². The molecule has 0 saturated carbocycles. The zero-order chi connectivity index (χ0) is 13.5. The quantitative estimate of drug-likeness (QED) is 0.589. The van der Waals surface area contributed by atoms with Gasteiger partial charge in [0.05, 0.1) is 11.3 Å². The highest BCUT2D eigenvalue weighted by molar-refractivity contribution is 14.1. The van der Waals surface area contributed by atoms with Crippen LogP contribution in [-0.2, 0) is 4.79 Å². The molecule has 6 heteroatoms. The molecule has 0 aliphatic rings. The number of halogens is 1. The van der Waals surface area contributed by atoms with Gasteiger partial charge >= 0.3 is 5.97 Å². The second-order valence-electron chi connectivity index (χ2n) is 3.63. The van der Waals surface area contributed by atoms with Gasteiger partial charge in [-0.25, -0.2) is 4.79 Å². The van der Waals surface area contributed by atoms with Crippen molar-refractivity contribution in [2.75, 3.05) is 16.8 Å². The zero-order valence-corrected chi connectivity index (χ0v) is 12.9. The molecule has 98 valence electrons. The summed E-state index contributed by atoms with van der Waals surface area (Å²) < 4.78 is 0.781. The Balaban J connectivity index is 2.66. The number of anilines is 1. The monoisotopic (exact) mass is 379 g/mol. The molecule has 0 fully saturated rings. The number of carboxylic acid groups (broad SMARTS) is 1. The van der Waals surface area contributed by atoms with Gasteiger partial charge in [-0.3, -0.25) is 4.79 Å². The normalized spacial score (nSPS) is 10.1. The molecule has 0 radical (unpaired) electrons. The maximum atomic E-state index is 11.6. The van der Waals surface area contributed by atoms with Gasteiger partial charge < -0.3 is 10.4 Å². The van der Waals surface area contributed by atoms with Gasteiger partial charge in [0.2, 0.25) is 5.91 Å². The predicted molar refractivity (Wildman–Crippen MR) is 82.4 cm³/mol. The van der Waals surface area contributed by atoms with Crippen LogP contribution in [0.1, 0.15) is 23.7 Å². The van der Waals surface area contributed by atoms with Crippen LogP contribution in [0.4, 0.5) is 5.69 Å². The van der Waals surface area contributed by atoms with E-state index in [1.165, 1.54) is 6.07 Å². The van der Waals surface area contributed by atoms with Gasteiger partial charge in [0, 0.05) is 9.26 Å². The Morgan fingerprint density at radius 3 is 2.72 bits per heavy atom. The lowest BCUT2D eigenvalue weighted by atomic mass is 10.2. The van der Waals surface area contributed by atoms with Crippen LogP contribution >= 0.6 is 34.4 Å². The van der Waals surface area contributed by atoms with E-state index in [0.29, 0.717) is 11.4 Å². The average molecular weight is 379 g/mol. The van der Waals surface area contributed by atoms with Crippen molar-refractivity contribution in [1.29, 1.82) is 0 Å². The van der Waals surface area contributed by atoms with E-state index >= 15 is 0 Å². The van der Waals surface area contributed by atoms with Crippen molar-refractivity contribution in [2.45, 2.75) is 13.3 Å². The lowest BCUT2D eigenvalue weighted by molar-refractivity contribution is -0.113. The molecular formula is C12H14INO3S. The summed E-state index contributed by atoms with van der Waals surface area (Å²) in [5, 5.41) is 11.6. The fraction of sp³-hybridized carbons (Fsp3) is 0.333. The van der Waals surface area contributed by atoms with Gasteiger partial charge in [-0.2, -0.15) is 11.8 Å². The molecule has 0 spiro atoms. The van der Waals surface area contributed by atoms with Crippen molar-refractivity contribution in [3.63, 3.8) is 0 Å². The molecule has 2 N–H and O–H groups in total. The third kappa shape index (κ3) is 5.26. The lowest BCUT2D eigenvalue weighted by Crippen LogP contribution is -2.15. The number of nitrogens with one attached hydrogen (secondary N) is 1. The Bertz CT molecular complexity index is 451. The van der Waals surface area contributed by atoms with Crippen molar-refractivity contribution in [2.24, 2.45) is 0 Å². The first kappa shape index (κ1) is 15.3. The lowest BCUT2D eigenvalue weighted by Gasteiger charge is -2.06. The fourth-order valence-electron chi connectivity index (χ4n) is 1.29. The van der Waals surface area contributed by atoms with E-state index in [4.69, 9.17) is 5.11 Å². The molecule has 18 heavy (non-hydrogen) atoms. The number of aromatic carboxylic acids is 1. The Morgan fingerprint density at radius 2 is 2.11 bits per heavy atom. The summed E-state index contributed by atoms with van der Waals surface area (Å²) in [7, 11) is 0. The Hall–Kier alpha value is -0.760. The summed E-state index contributed by atoms with van der Waals surface area (Å²) in [6, 6.07) is 4.77.